The molecule has 2 aromatic carbocycles. The largest absolute Gasteiger partial charge is 0.462 e. The molecular weight excluding hydrogens is 372 g/mol. The van der Waals surface area contributed by atoms with Crippen molar-refractivity contribution in [2.45, 2.75) is 31.3 Å². The van der Waals surface area contributed by atoms with Gasteiger partial charge in [-0.3, -0.25) is 4.79 Å². The van der Waals surface area contributed by atoms with Crippen LogP contribution in [0.4, 0.5) is 0 Å². The van der Waals surface area contributed by atoms with E-state index in [1.807, 2.05) is 42.5 Å². The van der Waals surface area contributed by atoms with Crippen molar-refractivity contribution in [1.29, 1.82) is 0 Å². The summed E-state index contributed by atoms with van der Waals surface area (Å²) in [6.45, 7) is 1.02. The van der Waals surface area contributed by atoms with Gasteiger partial charge in [0.2, 0.25) is 0 Å². The lowest BCUT2D eigenvalue weighted by Crippen LogP contribution is -2.36. The zero-order chi connectivity index (χ0) is 19.8. The molecule has 0 unspecified atom stereocenters. The van der Waals surface area contributed by atoms with Crippen LogP contribution < -0.4 is 0 Å². The van der Waals surface area contributed by atoms with Crippen LogP contribution >= 0.6 is 0 Å². The van der Waals surface area contributed by atoms with Crippen LogP contribution in [0, 0.1) is 11.8 Å². The van der Waals surface area contributed by atoms with Crippen LogP contribution in [0.3, 0.4) is 0 Å². The van der Waals surface area contributed by atoms with Crippen LogP contribution in [-0.2, 0) is 23.7 Å². The average Bonchev–Trinajstić information content (AvgIpc) is 3.45. The Labute approximate surface area is 168 Å². The van der Waals surface area contributed by atoms with E-state index in [2.05, 4.69) is 0 Å². The topological polar surface area (TPSA) is 71.1 Å². The summed E-state index contributed by atoms with van der Waals surface area (Å²) in [7, 11) is 0. The highest BCUT2D eigenvalue weighted by atomic mass is 16.7. The minimum absolute atomic E-state index is 0.0381. The quantitative estimate of drug-likeness (QED) is 0.742. The molecule has 2 aliphatic heterocycles. The van der Waals surface area contributed by atoms with E-state index in [0.29, 0.717) is 31.6 Å². The van der Waals surface area contributed by atoms with Gasteiger partial charge in [-0.1, -0.05) is 42.5 Å². The monoisotopic (exact) mass is 394 g/mol. The summed E-state index contributed by atoms with van der Waals surface area (Å²) >= 11 is 0. The van der Waals surface area contributed by atoms with Crippen molar-refractivity contribution in [3.8, 4) is 11.1 Å². The SMILES string of the molecule is O=C1C[C@@H]2[C@@H](C3OCCO3)[C@H](OC(=O)c3ccc(-c4ccccc4)cc3)C[C@@H]2O1. The van der Waals surface area contributed by atoms with Gasteiger partial charge in [0.25, 0.3) is 0 Å². The van der Waals surface area contributed by atoms with E-state index in [4.69, 9.17) is 18.9 Å². The summed E-state index contributed by atoms with van der Waals surface area (Å²) in [5.74, 6) is -0.821. The lowest BCUT2D eigenvalue weighted by Gasteiger charge is -2.27. The first-order chi connectivity index (χ1) is 14.2. The minimum Gasteiger partial charge on any atom is -0.462 e. The smallest absolute Gasteiger partial charge is 0.338 e. The molecule has 6 nitrogen and oxygen atoms in total. The van der Waals surface area contributed by atoms with Crippen molar-refractivity contribution in [2.24, 2.45) is 11.8 Å². The van der Waals surface area contributed by atoms with E-state index in [0.717, 1.165) is 11.1 Å². The molecule has 0 bridgehead atoms. The van der Waals surface area contributed by atoms with E-state index in [9.17, 15) is 9.59 Å². The fourth-order valence-electron chi connectivity index (χ4n) is 4.63. The fraction of sp³-hybridized carbons (Fsp3) is 0.391. The second-order valence-corrected chi connectivity index (χ2v) is 7.71. The molecular formula is C23H22O6. The van der Waals surface area contributed by atoms with Gasteiger partial charge in [0.1, 0.15) is 12.2 Å². The van der Waals surface area contributed by atoms with Gasteiger partial charge in [-0.15, -0.1) is 0 Å². The maximum Gasteiger partial charge on any atom is 0.338 e. The summed E-state index contributed by atoms with van der Waals surface area (Å²) in [6, 6.07) is 17.4. The van der Waals surface area contributed by atoms with E-state index < -0.39 is 12.4 Å². The van der Waals surface area contributed by atoms with Crippen LogP contribution in [0.2, 0.25) is 0 Å². The maximum atomic E-state index is 12.8. The molecule has 0 aromatic heterocycles. The molecule has 2 heterocycles. The van der Waals surface area contributed by atoms with E-state index >= 15 is 0 Å². The third kappa shape index (κ3) is 3.54. The highest BCUT2D eigenvalue weighted by Gasteiger charge is 2.55. The standard InChI is InChI=1S/C23H22O6/c24-20-12-17-18(28-20)13-19(21(17)23-26-10-11-27-23)29-22(25)16-8-6-15(7-9-16)14-4-2-1-3-5-14/h1-9,17-19,21,23H,10-13H2/t17-,18-,19+,21+/m0/s1. The lowest BCUT2D eigenvalue weighted by atomic mass is 9.91. The van der Waals surface area contributed by atoms with Gasteiger partial charge in [-0.2, -0.15) is 0 Å². The van der Waals surface area contributed by atoms with Crippen molar-refractivity contribution < 1.29 is 28.5 Å². The summed E-state index contributed by atoms with van der Waals surface area (Å²) in [6.07, 6.45) is -0.296. The second-order valence-electron chi connectivity index (χ2n) is 7.71. The van der Waals surface area contributed by atoms with Crippen molar-refractivity contribution in [3.63, 3.8) is 0 Å². The number of rotatable bonds is 4. The molecule has 29 heavy (non-hydrogen) atoms. The van der Waals surface area contributed by atoms with Gasteiger partial charge in [-0.25, -0.2) is 4.79 Å². The van der Waals surface area contributed by atoms with Gasteiger partial charge in [0.15, 0.2) is 6.29 Å². The zero-order valence-corrected chi connectivity index (χ0v) is 15.9. The number of carbonyl (C=O) groups is 2. The van der Waals surface area contributed by atoms with Crippen molar-refractivity contribution in [3.05, 3.63) is 60.2 Å². The van der Waals surface area contributed by atoms with Gasteiger partial charge in [0.05, 0.1) is 31.1 Å². The second kappa shape index (κ2) is 7.61. The van der Waals surface area contributed by atoms with Crippen LogP contribution in [-0.4, -0.2) is 43.7 Å². The Hall–Kier alpha value is -2.70. The normalized spacial score (nSPS) is 28.9. The maximum absolute atomic E-state index is 12.8. The molecule has 0 spiro atoms. The highest BCUT2D eigenvalue weighted by Crippen LogP contribution is 2.46. The summed E-state index contributed by atoms with van der Waals surface area (Å²) < 4.78 is 22.6. The Morgan fingerprint density at radius 3 is 2.34 bits per heavy atom. The van der Waals surface area contributed by atoms with Gasteiger partial charge in [0, 0.05) is 12.3 Å². The molecule has 1 aliphatic carbocycles. The highest BCUT2D eigenvalue weighted by molar-refractivity contribution is 5.90. The number of fused-ring (bicyclic) bond motifs is 1. The number of benzene rings is 2. The van der Waals surface area contributed by atoms with Crippen molar-refractivity contribution in [1.82, 2.24) is 0 Å². The fourth-order valence-corrected chi connectivity index (χ4v) is 4.63. The third-order valence-corrected chi connectivity index (χ3v) is 6.00. The number of ether oxygens (including phenoxy) is 4. The van der Waals surface area contributed by atoms with E-state index in [-0.39, 0.29) is 29.9 Å². The Balaban J connectivity index is 1.31. The number of hydrogen-bond donors (Lipinski definition) is 0. The molecule has 5 rings (SSSR count). The van der Waals surface area contributed by atoms with E-state index in [1.165, 1.54) is 0 Å². The lowest BCUT2D eigenvalue weighted by molar-refractivity contribution is -0.142. The minimum atomic E-state index is -0.460. The molecule has 150 valence electrons. The summed E-state index contributed by atoms with van der Waals surface area (Å²) in [4.78, 5) is 24.5. The Morgan fingerprint density at radius 1 is 0.931 bits per heavy atom. The van der Waals surface area contributed by atoms with Crippen molar-refractivity contribution >= 4 is 11.9 Å². The van der Waals surface area contributed by atoms with Gasteiger partial charge >= 0.3 is 11.9 Å². The molecule has 3 fully saturated rings. The van der Waals surface area contributed by atoms with Gasteiger partial charge < -0.3 is 18.9 Å². The van der Waals surface area contributed by atoms with Crippen LogP contribution in [0.25, 0.3) is 11.1 Å². The Bertz CT molecular complexity index is 887. The van der Waals surface area contributed by atoms with Crippen molar-refractivity contribution in [2.75, 3.05) is 13.2 Å². The molecule has 0 N–H and O–H groups in total. The molecule has 0 amide bonds. The van der Waals surface area contributed by atoms with Crippen LogP contribution in [0.5, 0.6) is 0 Å². The molecule has 6 heteroatoms. The molecule has 2 saturated heterocycles. The molecule has 1 saturated carbocycles. The molecule has 4 atom stereocenters. The first kappa shape index (κ1) is 18.3. The zero-order valence-electron chi connectivity index (χ0n) is 15.9. The molecule has 3 aliphatic rings. The Kier molecular flexibility index (Phi) is 4.81. The van der Waals surface area contributed by atoms with Crippen LogP contribution in [0.15, 0.2) is 54.6 Å². The third-order valence-electron chi connectivity index (χ3n) is 6.00. The van der Waals surface area contributed by atoms with E-state index in [1.54, 1.807) is 12.1 Å². The average molecular weight is 394 g/mol. The summed E-state index contributed by atoms with van der Waals surface area (Å²) in [5.41, 5.74) is 2.62. The predicted molar refractivity (Wildman–Crippen MR) is 103 cm³/mol. The molecule has 0 radical (unpaired) electrons. The summed E-state index contributed by atoms with van der Waals surface area (Å²) in [5, 5.41) is 0. The van der Waals surface area contributed by atoms with Gasteiger partial charge in [-0.05, 0) is 23.3 Å². The predicted octanol–water partition coefficient (Wildman–Crippen LogP) is 3.20. The Morgan fingerprint density at radius 2 is 1.62 bits per heavy atom. The van der Waals surface area contributed by atoms with Crippen LogP contribution in [0.1, 0.15) is 23.2 Å². The molecule has 2 aromatic rings. The number of hydrogen-bond acceptors (Lipinski definition) is 6. The first-order valence-corrected chi connectivity index (χ1v) is 9.98. The number of carbonyl (C=O) groups excluding carboxylic acids is 2. The first-order valence-electron chi connectivity index (χ1n) is 9.98. The number of esters is 2.